The fourth-order valence-electron chi connectivity index (χ4n) is 1.49. The van der Waals surface area contributed by atoms with E-state index in [1.54, 1.807) is 36.5 Å². The van der Waals surface area contributed by atoms with Gasteiger partial charge < -0.3 is 5.11 Å². The molecule has 0 aliphatic carbocycles. The Hall–Kier alpha value is -2.36. The third kappa shape index (κ3) is 1.72. The van der Waals surface area contributed by atoms with E-state index in [0.29, 0.717) is 5.69 Å². The number of aromatic nitrogens is 1. The van der Waals surface area contributed by atoms with Crippen molar-refractivity contribution in [2.45, 2.75) is 0 Å². The zero-order valence-electron chi connectivity index (χ0n) is 8.33. The molecule has 0 radical (unpaired) electrons. The highest BCUT2D eigenvalue weighted by Crippen LogP contribution is 2.12. The van der Waals surface area contributed by atoms with Crippen LogP contribution in [0.15, 0.2) is 53.5 Å². The van der Waals surface area contributed by atoms with E-state index in [1.807, 2.05) is 0 Å². The van der Waals surface area contributed by atoms with E-state index in [1.165, 1.54) is 16.7 Å². The summed E-state index contributed by atoms with van der Waals surface area (Å²) in [6, 6.07) is 11.1. The Morgan fingerprint density at radius 2 is 1.75 bits per heavy atom. The number of para-hydroxylation sites is 1. The molecular formula is C12H9NO3. The molecule has 0 fully saturated rings. The van der Waals surface area contributed by atoms with Crippen molar-refractivity contribution in [3.05, 3.63) is 64.6 Å². The van der Waals surface area contributed by atoms with Gasteiger partial charge in [-0.15, -0.1) is 0 Å². The predicted octanol–water partition coefficient (Wildman–Crippen LogP) is 1.54. The molecule has 2 aromatic rings. The minimum atomic E-state index is -1.05. The summed E-state index contributed by atoms with van der Waals surface area (Å²) in [5, 5.41) is 9.00. The van der Waals surface area contributed by atoms with Gasteiger partial charge in [-0.1, -0.05) is 18.2 Å². The number of nitrogens with zero attached hydrogens (tertiary/aromatic N) is 1. The summed E-state index contributed by atoms with van der Waals surface area (Å²) < 4.78 is 1.31. The number of aromatic carboxylic acids is 1. The van der Waals surface area contributed by atoms with Crippen molar-refractivity contribution in [3.8, 4) is 5.69 Å². The van der Waals surface area contributed by atoms with Gasteiger partial charge in [0.15, 0.2) is 0 Å². The van der Waals surface area contributed by atoms with E-state index in [4.69, 9.17) is 5.11 Å². The van der Waals surface area contributed by atoms with Gasteiger partial charge in [0, 0.05) is 12.3 Å². The number of carbonyl (C=O) groups is 1. The minimum absolute atomic E-state index is 0.107. The van der Waals surface area contributed by atoms with Gasteiger partial charge >= 0.3 is 5.97 Å². The second-order valence-corrected chi connectivity index (χ2v) is 3.23. The Morgan fingerprint density at radius 3 is 2.44 bits per heavy atom. The molecule has 1 aromatic heterocycles. The number of hydrogen-bond donors (Lipinski definition) is 1. The van der Waals surface area contributed by atoms with Crippen molar-refractivity contribution in [2.75, 3.05) is 0 Å². The molecular weight excluding hydrogens is 206 g/mol. The first kappa shape index (κ1) is 10.2. The molecule has 0 aliphatic rings. The van der Waals surface area contributed by atoms with Crippen LogP contribution < -0.4 is 5.56 Å². The molecule has 0 bridgehead atoms. The summed E-state index contributed by atoms with van der Waals surface area (Å²) in [5.74, 6) is -1.05. The lowest BCUT2D eigenvalue weighted by atomic mass is 10.2. The molecule has 1 N–H and O–H groups in total. The molecule has 0 atom stereocenters. The van der Waals surface area contributed by atoms with E-state index in [2.05, 4.69) is 0 Å². The molecule has 16 heavy (non-hydrogen) atoms. The van der Waals surface area contributed by atoms with E-state index in [0.717, 1.165) is 0 Å². The molecule has 0 saturated carbocycles. The van der Waals surface area contributed by atoms with Crippen LogP contribution in [0.25, 0.3) is 5.69 Å². The van der Waals surface area contributed by atoms with Crippen LogP contribution in [0.3, 0.4) is 0 Å². The van der Waals surface area contributed by atoms with Crippen molar-refractivity contribution in [1.82, 2.24) is 4.57 Å². The van der Waals surface area contributed by atoms with Crippen molar-refractivity contribution >= 4 is 5.97 Å². The molecule has 0 aliphatic heterocycles. The van der Waals surface area contributed by atoms with Gasteiger partial charge in [0.1, 0.15) is 0 Å². The summed E-state index contributed by atoms with van der Waals surface area (Å²) in [4.78, 5) is 22.6. The number of carboxylic acid groups (broad SMARTS) is 1. The Labute approximate surface area is 91.4 Å². The predicted molar refractivity (Wildman–Crippen MR) is 59.0 cm³/mol. The second-order valence-electron chi connectivity index (χ2n) is 3.23. The SMILES string of the molecule is O=C(O)c1ccccc1-n1ccccc1=O. The van der Waals surface area contributed by atoms with Crippen molar-refractivity contribution < 1.29 is 9.90 Å². The Balaban J connectivity index is 2.70. The molecule has 0 spiro atoms. The first-order chi connectivity index (χ1) is 7.70. The smallest absolute Gasteiger partial charge is 0.337 e. The van der Waals surface area contributed by atoms with Gasteiger partial charge in [0.05, 0.1) is 11.3 Å². The third-order valence-corrected chi connectivity index (χ3v) is 2.22. The van der Waals surface area contributed by atoms with Crippen LogP contribution in [-0.4, -0.2) is 15.6 Å². The normalized spacial score (nSPS) is 10.0. The monoisotopic (exact) mass is 215 g/mol. The minimum Gasteiger partial charge on any atom is -0.478 e. The summed E-state index contributed by atoms with van der Waals surface area (Å²) in [6.45, 7) is 0. The Morgan fingerprint density at radius 1 is 1.06 bits per heavy atom. The van der Waals surface area contributed by atoms with E-state index >= 15 is 0 Å². The number of hydrogen-bond acceptors (Lipinski definition) is 2. The van der Waals surface area contributed by atoms with E-state index < -0.39 is 5.97 Å². The maximum absolute atomic E-state index is 11.6. The van der Waals surface area contributed by atoms with Crippen molar-refractivity contribution in [1.29, 1.82) is 0 Å². The van der Waals surface area contributed by atoms with Crippen LogP contribution in [0, 0.1) is 0 Å². The van der Waals surface area contributed by atoms with Gasteiger partial charge in [0.25, 0.3) is 5.56 Å². The third-order valence-electron chi connectivity index (χ3n) is 2.22. The second kappa shape index (κ2) is 4.02. The van der Waals surface area contributed by atoms with Gasteiger partial charge in [0.2, 0.25) is 0 Å². The van der Waals surface area contributed by atoms with Gasteiger partial charge in [-0.05, 0) is 18.2 Å². The highest BCUT2D eigenvalue weighted by Gasteiger charge is 2.10. The number of benzene rings is 1. The van der Waals surface area contributed by atoms with E-state index in [9.17, 15) is 9.59 Å². The van der Waals surface area contributed by atoms with E-state index in [-0.39, 0.29) is 11.1 Å². The van der Waals surface area contributed by atoms with Crippen LogP contribution in [-0.2, 0) is 0 Å². The molecule has 1 heterocycles. The zero-order chi connectivity index (χ0) is 11.5. The number of rotatable bonds is 2. The van der Waals surface area contributed by atoms with Crippen LogP contribution in [0.1, 0.15) is 10.4 Å². The summed E-state index contributed by atoms with van der Waals surface area (Å²) in [5.41, 5.74) is 0.229. The maximum atomic E-state index is 11.6. The Kier molecular flexibility index (Phi) is 2.55. The lowest BCUT2D eigenvalue weighted by Gasteiger charge is -2.07. The summed E-state index contributed by atoms with van der Waals surface area (Å²) in [7, 11) is 0. The fraction of sp³-hybridized carbons (Fsp3) is 0. The van der Waals surface area contributed by atoms with Gasteiger partial charge in [-0.2, -0.15) is 0 Å². The summed E-state index contributed by atoms with van der Waals surface area (Å²) >= 11 is 0. The molecule has 80 valence electrons. The average molecular weight is 215 g/mol. The van der Waals surface area contributed by atoms with Crippen LogP contribution >= 0.6 is 0 Å². The van der Waals surface area contributed by atoms with Crippen LogP contribution in [0.2, 0.25) is 0 Å². The average Bonchev–Trinajstić information content (AvgIpc) is 2.29. The largest absolute Gasteiger partial charge is 0.478 e. The van der Waals surface area contributed by atoms with Gasteiger partial charge in [-0.3, -0.25) is 9.36 Å². The molecule has 1 aromatic carbocycles. The fourth-order valence-corrected chi connectivity index (χ4v) is 1.49. The highest BCUT2D eigenvalue weighted by molar-refractivity contribution is 5.91. The topological polar surface area (TPSA) is 59.3 Å². The molecule has 0 amide bonds. The lowest BCUT2D eigenvalue weighted by Crippen LogP contribution is -2.18. The standard InChI is InChI=1S/C12H9NO3/c14-11-7-3-4-8-13(11)10-6-2-1-5-9(10)12(15)16/h1-8H,(H,15,16). The maximum Gasteiger partial charge on any atom is 0.337 e. The first-order valence-electron chi connectivity index (χ1n) is 4.70. The first-order valence-corrected chi connectivity index (χ1v) is 4.70. The molecule has 2 rings (SSSR count). The quantitative estimate of drug-likeness (QED) is 0.826. The molecule has 4 heteroatoms. The number of pyridine rings is 1. The lowest BCUT2D eigenvalue weighted by molar-refractivity contribution is 0.0697. The Bertz CT molecular complexity index is 587. The highest BCUT2D eigenvalue weighted by atomic mass is 16.4. The van der Waals surface area contributed by atoms with Gasteiger partial charge in [-0.25, -0.2) is 4.79 Å². The molecule has 4 nitrogen and oxygen atoms in total. The van der Waals surface area contributed by atoms with Crippen molar-refractivity contribution in [3.63, 3.8) is 0 Å². The number of carboxylic acids is 1. The van der Waals surface area contributed by atoms with Crippen LogP contribution in [0.4, 0.5) is 0 Å². The zero-order valence-corrected chi connectivity index (χ0v) is 8.33. The summed E-state index contributed by atoms with van der Waals surface area (Å²) in [6.07, 6.45) is 1.55. The van der Waals surface area contributed by atoms with Crippen LogP contribution in [0.5, 0.6) is 0 Å². The molecule has 0 unspecified atom stereocenters. The molecule has 0 saturated heterocycles. The van der Waals surface area contributed by atoms with Crippen molar-refractivity contribution in [2.24, 2.45) is 0 Å².